The Morgan fingerprint density at radius 3 is 2.63 bits per heavy atom. The first-order valence-corrected chi connectivity index (χ1v) is 8.83. The maximum Gasteiger partial charge on any atom is 0.340 e. The van der Waals surface area contributed by atoms with Gasteiger partial charge in [0.25, 0.3) is 0 Å². The standard InChI is InChI=1S/C20H16N4O2S/c1-13(26-19(25)15-8-3-2-4-9-15)24-18(22-23-20(24)27)17-12-11-14-7-5-6-10-16(14)21-17/h2-13H,1H3,(H,23,27). The summed E-state index contributed by atoms with van der Waals surface area (Å²) in [6.45, 7) is 1.75. The average molecular weight is 376 g/mol. The molecule has 0 radical (unpaired) electrons. The molecule has 0 bridgehead atoms. The minimum atomic E-state index is -0.646. The van der Waals surface area contributed by atoms with Crippen molar-refractivity contribution in [3.05, 3.63) is 77.1 Å². The lowest BCUT2D eigenvalue weighted by molar-refractivity contribution is 0.0157. The number of aromatic nitrogens is 4. The van der Waals surface area contributed by atoms with E-state index < -0.39 is 12.2 Å². The highest BCUT2D eigenvalue weighted by molar-refractivity contribution is 7.71. The number of rotatable bonds is 4. The summed E-state index contributed by atoms with van der Waals surface area (Å²) >= 11 is 5.34. The molecule has 6 nitrogen and oxygen atoms in total. The van der Waals surface area contributed by atoms with Crippen LogP contribution in [0.15, 0.2) is 66.7 Å². The summed E-state index contributed by atoms with van der Waals surface area (Å²) in [4.78, 5) is 17.0. The third-order valence-corrected chi connectivity index (χ3v) is 4.47. The number of esters is 1. The molecule has 27 heavy (non-hydrogen) atoms. The molecular formula is C20H16N4O2S. The van der Waals surface area contributed by atoms with Crippen LogP contribution in [0.1, 0.15) is 23.5 Å². The highest BCUT2D eigenvalue weighted by atomic mass is 32.1. The van der Waals surface area contributed by atoms with Crippen LogP contribution in [0.5, 0.6) is 0 Å². The van der Waals surface area contributed by atoms with Crippen LogP contribution in [-0.2, 0) is 4.74 Å². The van der Waals surface area contributed by atoms with Gasteiger partial charge in [-0.15, -0.1) is 0 Å². The van der Waals surface area contributed by atoms with Crippen LogP contribution in [0, 0.1) is 4.77 Å². The fourth-order valence-corrected chi connectivity index (χ4v) is 3.14. The number of fused-ring (bicyclic) bond motifs is 1. The van der Waals surface area contributed by atoms with Gasteiger partial charge in [-0.2, -0.15) is 5.10 Å². The number of pyridine rings is 1. The lowest BCUT2D eigenvalue weighted by Crippen LogP contribution is -2.16. The molecule has 0 aliphatic heterocycles. The van der Waals surface area contributed by atoms with Gasteiger partial charge < -0.3 is 4.74 Å². The fourth-order valence-electron chi connectivity index (χ4n) is 2.86. The molecule has 0 aliphatic rings. The van der Waals surface area contributed by atoms with Gasteiger partial charge in [0.1, 0.15) is 5.69 Å². The molecule has 0 fully saturated rings. The highest BCUT2D eigenvalue weighted by Crippen LogP contribution is 2.23. The number of H-pyrrole nitrogens is 1. The monoisotopic (exact) mass is 376 g/mol. The molecule has 0 spiro atoms. The van der Waals surface area contributed by atoms with E-state index in [1.165, 1.54) is 0 Å². The van der Waals surface area contributed by atoms with Crippen molar-refractivity contribution in [3.63, 3.8) is 0 Å². The largest absolute Gasteiger partial charge is 0.438 e. The highest BCUT2D eigenvalue weighted by Gasteiger charge is 2.19. The second kappa shape index (κ2) is 7.13. The van der Waals surface area contributed by atoms with Gasteiger partial charge >= 0.3 is 5.97 Å². The molecule has 0 saturated heterocycles. The summed E-state index contributed by atoms with van der Waals surface area (Å²) in [6.07, 6.45) is -0.646. The third-order valence-electron chi connectivity index (χ3n) is 4.18. The molecule has 2 aromatic heterocycles. The summed E-state index contributed by atoms with van der Waals surface area (Å²) < 4.78 is 7.58. The van der Waals surface area contributed by atoms with Gasteiger partial charge in [0.05, 0.1) is 11.1 Å². The Morgan fingerprint density at radius 1 is 1.07 bits per heavy atom. The second-order valence-electron chi connectivity index (χ2n) is 5.98. The smallest absolute Gasteiger partial charge is 0.340 e. The first-order chi connectivity index (χ1) is 13.1. The van der Waals surface area contributed by atoms with Gasteiger partial charge in [-0.3, -0.25) is 9.67 Å². The van der Waals surface area contributed by atoms with E-state index in [0.29, 0.717) is 21.9 Å². The number of aromatic amines is 1. The zero-order chi connectivity index (χ0) is 18.8. The zero-order valence-corrected chi connectivity index (χ0v) is 15.3. The van der Waals surface area contributed by atoms with Gasteiger partial charge in [-0.05, 0) is 43.4 Å². The van der Waals surface area contributed by atoms with E-state index in [-0.39, 0.29) is 0 Å². The predicted octanol–water partition coefficient (Wildman–Crippen LogP) is 4.53. The van der Waals surface area contributed by atoms with Crippen LogP contribution in [0.2, 0.25) is 0 Å². The van der Waals surface area contributed by atoms with Crippen molar-refractivity contribution in [2.75, 3.05) is 0 Å². The first-order valence-electron chi connectivity index (χ1n) is 8.42. The van der Waals surface area contributed by atoms with E-state index in [1.807, 2.05) is 42.5 Å². The fraction of sp³-hybridized carbons (Fsp3) is 0.100. The number of hydrogen-bond donors (Lipinski definition) is 1. The number of nitrogens with one attached hydrogen (secondary N) is 1. The van der Waals surface area contributed by atoms with Crippen molar-refractivity contribution >= 4 is 29.1 Å². The van der Waals surface area contributed by atoms with E-state index in [9.17, 15) is 4.79 Å². The Morgan fingerprint density at radius 2 is 1.81 bits per heavy atom. The number of ether oxygens (including phenoxy) is 1. The molecule has 7 heteroatoms. The van der Waals surface area contributed by atoms with E-state index in [1.54, 1.807) is 35.8 Å². The molecule has 0 aliphatic carbocycles. The van der Waals surface area contributed by atoms with Crippen LogP contribution in [0.4, 0.5) is 0 Å². The zero-order valence-electron chi connectivity index (χ0n) is 14.5. The lowest BCUT2D eigenvalue weighted by atomic mass is 10.2. The molecule has 1 N–H and O–H groups in total. The summed E-state index contributed by atoms with van der Waals surface area (Å²) in [5, 5.41) is 8.08. The Bertz CT molecular complexity index is 1170. The van der Waals surface area contributed by atoms with Crippen molar-refractivity contribution in [2.24, 2.45) is 0 Å². The number of para-hydroxylation sites is 1. The van der Waals surface area contributed by atoms with Crippen LogP contribution in [0.3, 0.4) is 0 Å². The van der Waals surface area contributed by atoms with Crippen LogP contribution in [0.25, 0.3) is 22.4 Å². The van der Waals surface area contributed by atoms with E-state index >= 15 is 0 Å². The maximum atomic E-state index is 12.4. The summed E-state index contributed by atoms with van der Waals surface area (Å²) in [7, 11) is 0. The number of carbonyl (C=O) groups is 1. The summed E-state index contributed by atoms with van der Waals surface area (Å²) in [5.41, 5.74) is 1.97. The molecular weight excluding hydrogens is 360 g/mol. The summed E-state index contributed by atoms with van der Waals surface area (Å²) in [5.74, 6) is 0.0859. The molecule has 134 valence electrons. The Kier molecular flexibility index (Phi) is 4.52. The maximum absolute atomic E-state index is 12.4. The molecule has 2 heterocycles. The Labute approximate surface area is 160 Å². The van der Waals surface area contributed by atoms with Crippen molar-refractivity contribution in [1.29, 1.82) is 0 Å². The van der Waals surface area contributed by atoms with Gasteiger partial charge in [0, 0.05) is 5.39 Å². The van der Waals surface area contributed by atoms with Crippen molar-refractivity contribution in [3.8, 4) is 11.5 Å². The van der Waals surface area contributed by atoms with Crippen molar-refractivity contribution < 1.29 is 9.53 Å². The van der Waals surface area contributed by atoms with Crippen molar-refractivity contribution in [2.45, 2.75) is 13.2 Å². The van der Waals surface area contributed by atoms with E-state index in [0.717, 1.165) is 10.9 Å². The topological polar surface area (TPSA) is 72.8 Å². The minimum Gasteiger partial charge on any atom is -0.438 e. The first kappa shape index (κ1) is 17.1. The normalized spacial score (nSPS) is 12.0. The molecule has 4 aromatic rings. The van der Waals surface area contributed by atoms with Gasteiger partial charge in [-0.25, -0.2) is 9.78 Å². The number of benzene rings is 2. The SMILES string of the molecule is CC(OC(=O)c1ccccc1)n1c(-c2ccc3ccccc3n2)n[nH]c1=S. The number of nitrogens with zero attached hydrogens (tertiary/aromatic N) is 3. The van der Waals surface area contributed by atoms with Crippen LogP contribution in [-0.4, -0.2) is 25.7 Å². The van der Waals surface area contributed by atoms with Gasteiger partial charge in [0.2, 0.25) is 0 Å². The Hall–Kier alpha value is -3.32. The Balaban J connectivity index is 1.68. The van der Waals surface area contributed by atoms with E-state index in [2.05, 4.69) is 15.2 Å². The predicted molar refractivity (Wildman–Crippen MR) is 105 cm³/mol. The molecule has 1 unspecified atom stereocenters. The van der Waals surface area contributed by atoms with Gasteiger partial charge in [-0.1, -0.05) is 42.5 Å². The number of carbonyl (C=O) groups excluding carboxylic acids is 1. The van der Waals surface area contributed by atoms with E-state index in [4.69, 9.17) is 17.0 Å². The van der Waals surface area contributed by atoms with Gasteiger partial charge in [0.15, 0.2) is 16.8 Å². The second-order valence-corrected chi connectivity index (χ2v) is 6.37. The van der Waals surface area contributed by atoms with Crippen molar-refractivity contribution in [1.82, 2.24) is 19.7 Å². The van der Waals surface area contributed by atoms with Crippen LogP contribution >= 0.6 is 12.2 Å². The molecule has 0 saturated carbocycles. The third kappa shape index (κ3) is 3.37. The quantitative estimate of drug-likeness (QED) is 0.418. The lowest BCUT2D eigenvalue weighted by Gasteiger charge is -2.16. The average Bonchev–Trinajstić information content (AvgIpc) is 3.09. The number of hydrogen-bond acceptors (Lipinski definition) is 5. The molecule has 4 rings (SSSR count). The summed E-state index contributed by atoms with van der Waals surface area (Å²) in [6, 6.07) is 20.5. The molecule has 2 aromatic carbocycles. The molecule has 1 atom stereocenters. The minimum absolute atomic E-state index is 0.355. The van der Waals surface area contributed by atoms with Crippen LogP contribution < -0.4 is 0 Å². The molecule has 0 amide bonds.